The lowest BCUT2D eigenvalue weighted by Gasteiger charge is -2.14. The molecule has 0 fully saturated rings. The van der Waals surface area contributed by atoms with Gasteiger partial charge < -0.3 is 23.8 Å². The summed E-state index contributed by atoms with van der Waals surface area (Å²) >= 11 is 0. The number of hydrogen-bond donors (Lipinski definition) is 1. The van der Waals surface area contributed by atoms with Gasteiger partial charge in [-0.25, -0.2) is 4.79 Å². The van der Waals surface area contributed by atoms with E-state index in [9.17, 15) is 4.79 Å². The van der Waals surface area contributed by atoms with Crippen LogP contribution in [0.25, 0.3) is 11.3 Å². The number of aromatic nitrogens is 1. The summed E-state index contributed by atoms with van der Waals surface area (Å²) in [4.78, 5) is 10.9. The monoisotopic (exact) mass is 293 g/mol. The summed E-state index contributed by atoms with van der Waals surface area (Å²) < 4.78 is 20.9. The highest BCUT2D eigenvalue weighted by Crippen LogP contribution is 2.41. The first-order valence-electron chi connectivity index (χ1n) is 6.05. The zero-order valence-corrected chi connectivity index (χ0v) is 11.9. The number of carboxylic acids is 1. The van der Waals surface area contributed by atoms with E-state index >= 15 is 0 Å². The molecule has 7 nitrogen and oxygen atoms in total. The van der Waals surface area contributed by atoms with Crippen LogP contribution in [0.3, 0.4) is 0 Å². The van der Waals surface area contributed by atoms with Gasteiger partial charge >= 0.3 is 5.97 Å². The summed E-state index contributed by atoms with van der Waals surface area (Å²) in [5.74, 6) is 0.0547. The number of methoxy groups -OCH3 is 3. The van der Waals surface area contributed by atoms with Crippen molar-refractivity contribution in [1.29, 1.82) is 0 Å². The Hall–Kier alpha value is -2.54. The lowest BCUT2D eigenvalue weighted by atomic mass is 10.0. The Balaban J connectivity index is 2.62. The largest absolute Gasteiger partial charge is 0.496 e. The fraction of sp³-hybridized carbons (Fsp3) is 0.286. The molecule has 0 saturated heterocycles. The van der Waals surface area contributed by atoms with Crippen molar-refractivity contribution in [1.82, 2.24) is 5.16 Å². The van der Waals surface area contributed by atoms with Gasteiger partial charge in [-0.3, -0.25) is 0 Å². The number of ether oxygens (including phenoxy) is 3. The molecule has 0 aliphatic heterocycles. The third kappa shape index (κ3) is 2.82. The van der Waals surface area contributed by atoms with Crippen molar-refractivity contribution in [3.05, 3.63) is 29.5 Å². The summed E-state index contributed by atoms with van der Waals surface area (Å²) in [7, 11) is 4.58. The molecule has 21 heavy (non-hydrogen) atoms. The third-order valence-corrected chi connectivity index (χ3v) is 2.90. The first kappa shape index (κ1) is 14.9. The third-order valence-electron chi connectivity index (χ3n) is 2.90. The van der Waals surface area contributed by atoms with E-state index in [2.05, 4.69) is 5.16 Å². The Morgan fingerprint density at radius 3 is 2.57 bits per heavy atom. The van der Waals surface area contributed by atoms with Crippen LogP contribution < -0.4 is 9.47 Å². The predicted octanol–water partition coefficient (Wildman–Crippen LogP) is 2.20. The highest BCUT2D eigenvalue weighted by molar-refractivity contribution is 5.87. The SMILES string of the molecule is COCc1ccc(OC)c(-c2cc(C(=O)O)no2)c1OC. The molecule has 0 aliphatic carbocycles. The molecule has 0 atom stereocenters. The molecule has 2 aromatic rings. The second-order valence-corrected chi connectivity index (χ2v) is 4.15. The van der Waals surface area contributed by atoms with Crippen molar-refractivity contribution in [3.8, 4) is 22.8 Å². The fourth-order valence-corrected chi connectivity index (χ4v) is 2.01. The Morgan fingerprint density at radius 2 is 2.05 bits per heavy atom. The van der Waals surface area contributed by atoms with Crippen LogP contribution >= 0.6 is 0 Å². The lowest BCUT2D eigenvalue weighted by molar-refractivity contribution is 0.0686. The first-order chi connectivity index (χ1) is 10.1. The van der Waals surface area contributed by atoms with Crippen LogP contribution in [0.2, 0.25) is 0 Å². The van der Waals surface area contributed by atoms with Crippen LogP contribution in [0.5, 0.6) is 11.5 Å². The van der Waals surface area contributed by atoms with Gasteiger partial charge in [-0.2, -0.15) is 0 Å². The summed E-state index contributed by atoms with van der Waals surface area (Å²) in [6.45, 7) is 0.333. The van der Waals surface area contributed by atoms with Crippen LogP contribution in [0.1, 0.15) is 16.1 Å². The van der Waals surface area contributed by atoms with E-state index in [0.29, 0.717) is 23.7 Å². The number of carbonyl (C=O) groups is 1. The minimum absolute atomic E-state index is 0.189. The highest BCUT2D eigenvalue weighted by atomic mass is 16.5. The van der Waals surface area contributed by atoms with Gasteiger partial charge in [0.1, 0.15) is 17.1 Å². The molecule has 7 heteroatoms. The Morgan fingerprint density at radius 1 is 1.29 bits per heavy atom. The number of aromatic carboxylic acids is 1. The maximum absolute atomic E-state index is 10.9. The fourth-order valence-electron chi connectivity index (χ4n) is 2.01. The minimum Gasteiger partial charge on any atom is -0.496 e. The van der Waals surface area contributed by atoms with E-state index in [1.807, 2.05) is 0 Å². The molecular formula is C14H15NO6. The molecule has 1 aromatic heterocycles. The molecule has 1 heterocycles. The van der Waals surface area contributed by atoms with Crippen LogP contribution in [0, 0.1) is 0 Å². The molecule has 0 radical (unpaired) electrons. The van der Waals surface area contributed by atoms with E-state index < -0.39 is 5.97 Å². The first-order valence-corrected chi connectivity index (χ1v) is 6.05. The van der Waals surface area contributed by atoms with Crippen LogP contribution in [0.15, 0.2) is 22.7 Å². The summed E-state index contributed by atoms with van der Waals surface area (Å²) in [5, 5.41) is 12.4. The topological polar surface area (TPSA) is 91.0 Å². The molecule has 1 N–H and O–H groups in total. The van der Waals surface area contributed by atoms with Gasteiger partial charge in [-0.1, -0.05) is 5.16 Å². The van der Waals surface area contributed by atoms with Crippen molar-refractivity contribution >= 4 is 5.97 Å². The van der Waals surface area contributed by atoms with Crippen LogP contribution in [0.4, 0.5) is 0 Å². The van der Waals surface area contributed by atoms with E-state index in [4.69, 9.17) is 23.8 Å². The van der Waals surface area contributed by atoms with Gasteiger partial charge in [0.25, 0.3) is 0 Å². The van der Waals surface area contributed by atoms with Crippen molar-refractivity contribution in [2.24, 2.45) is 0 Å². The number of carboxylic acid groups (broad SMARTS) is 1. The van der Waals surface area contributed by atoms with Crippen LogP contribution in [-0.2, 0) is 11.3 Å². The van der Waals surface area contributed by atoms with E-state index in [0.717, 1.165) is 5.56 Å². The molecule has 0 bridgehead atoms. The standard InChI is InChI=1S/C14H15NO6/c1-18-7-8-4-5-10(19-2)12(13(8)20-3)11-6-9(14(16)17)15-21-11/h4-6H,7H2,1-3H3,(H,16,17). The Bertz CT molecular complexity index is 649. The van der Waals surface area contributed by atoms with Gasteiger partial charge in [-0.05, 0) is 12.1 Å². The number of hydrogen-bond acceptors (Lipinski definition) is 6. The molecular weight excluding hydrogens is 278 g/mol. The average molecular weight is 293 g/mol. The quantitative estimate of drug-likeness (QED) is 0.872. The molecule has 0 spiro atoms. The second kappa shape index (κ2) is 6.27. The second-order valence-electron chi connectivity index (χ2n) is 4.15. The van der Waals surface area contributed by atoms with Gasteiger partial charge in [0.2, 0.25) is 0 Å². The van der Waals surface area contributed by atoms with Crippen LogP contribution in [-0.4, -0.2) is 37.6 Å². The number of benzene rings is 1. The maximum atomic E-state index is 10.9. The molecule has 0 saturated carbocycles. The van der Waals surface area contributed by atoms with E-state index in [1.165, 1.54) is 20.3 Å². The normalized spacial score (nSPS) is 10.4. The molecule has 112 valence electrons. The maximum Gasteiger partial charge on any atom is 0.358 e. The van der Waals surface area contributed by atoms with E-state index in [1.54, 1.807) is 19.2 Å². The smallest absolute Gasteiger partial charge is 0.358 e. The zero-order valence-electron chi connectivity index (χ0n) is 11.9. The predicted molar refractivity (Wildman–Crippen MR) is 72.7 cm³/mol. The van der Waals surface area contributed by atoms with Crippen molar-refractivity contribution in [3.63, 3.8) is 0 Å². The molecule has 0 aliphatic rings. The summed E-state index contributed by atoms with van der Waals surface area (Å²) in [6.07, 6.45) is 0. The summed E-state index contributed by atoms with van der Waals surface area (Å²) in [5.41, 5.74) is 1.09. The molecule has 1 aromatic carbocycles. The molecule has 0 amide bonds. The average Bonchev–Trinajstić information content (AvgIpc) is 2.96. The number of nitrogens with zero attached hydrogens (tertiary/aromatic N) is 1. The Kier molecular flexibility index (Phi) is 4.44. The Labute approximate surface area is 121 Å². The number of rotatable bonds is 6. The van der Waals surface area contributed by atoms with Gasteiger partial charge in [0, 0.05) is 18.7 Å². The van der Waals surface area contributed by atoms with Gasteiger partial charge in [0.05, 0.1) is 20.8 Å². The summed E-state index contributed by atoms with van der Waals surface area (Å²) in [6, 6.07) is 4.85. The molecule has 2 rings (SSSR count). The van der Waals surface area contributed by atoms with Gasteiger partial charge in [0.15, 0.2) is 11.5 Å². The van der Waals surface area contributed by atoms with E-state index in [-0.39, 0.29) is 11.5 Å². The zero-order chi connectivity index (χ0) is 15.4. The lowest BCUT2D eigenvalue weighted by Crippen LogP contribution is -1.99. The molecule has 0 unspecified atom stereocenters. The minimum atomic E-state index is -1.17. The van der Waals surface area contributed by atoms with Gasteiger partial charge in [-0.15, -0.1) is 0 Å². The van der Waals surface area contributed by atoms with Crippen molar-refractivity contribution < 1.29 is 28.6 Å². The van der Waals surface area contributed by atoms with Crippen molar-refractivity contribution in [2.75, 3.05) is 21.3 Å². The highest BCUT2D eigenvalue weighted by Gasteiger charge is 2.22. The van der Waals surface area contributed by atoms with Crippen molar-refractivity contribution in [2.45, 2.75) is 6.61 Å².